The molecule has 0 bridgehead atoms. The zero-order valence-electron chi connectivity index (χ0n) is 16.4. The highest BCUT2D eigenvalue weighted by Crippen LogP contribution is 2.39. The predicted molar refractivity (Wildman–Crippen MR) is 106 cm³/mol. The van der Waals surface area contributed by atoms with E-state index in [1.807, 2.05) is 0 Å². The number of nitrogens with zero attached hydrogens (tertiary/aromatic N) is 4. The molecule has 1 aromatic carbocycles. The molecule has 1 atom stereocenters. The first-order valence-corrected chi connectivity index (χ1v) is 11.5. The summed E-state index contributed by atoms with van der Waals surface area (Å²) in [7, 11) is -1.69. The lowest BCUT2D eigenvalue weighted by molar-refractivity contribution is 0.0724. The van der Waals surface area contributed by atoms with Crippen LogP contribution in [0.4, 0.5) is 0 Å². The van der Waals surface area contributed by atoms with Crippen LogP contribution in [0.5, 0.6) is 0 Å². The monoisotopic (exact) mass is 438 g/mol. The molecule has 156 valence electrons. The molecule has 0 saturated carbocycles. The molecular formula is C19H23ClN4O4S. The van der Waals surface area contributed by atoms with Crippen molar-refractivity contribution >= 4 is 27.3 Å². The summed E-state index contributed by atoms with van der Waals surface area (Å²) < 4.78 is 30.6. The lowest BCUT2D eigenvalue weighted by Crippen LogP contribution is -2.33. The summed E-state index contributed by atoms with van der Waals surface area (Å²) in [6, 6.07) is 4.89. The van der Waals surface area contributed by atoms with E-state index in [9.17, 15) is 13.2 Å². The minimum absolute atomic E-state index is 0.0474. The van der Waals surface area contributed by atoms with E-state index in [0.29, 0.717) is 18.7 Å². The Morgan fingerprint density at radius 3 is 2.72 bits per heavy atom. The van der Waals surface area contributed by atoms with Gasteiger partial charge in [0.1, 0.15) is 5.75 Å². The minimum Gasteiger partial charge on any atom is -0.334 e. The molecule has 29 heavy (non-hydrogen) atoms. The second-order valence-corrected chi connectivity index (χ2v) is 10.5. The van der Waals surface area contributed by atoms with E-state index in [1.165, 1.54) is 6.07 Å². The number of aryl methyl sites for hydroxylation is 1. The van der Waals surface area contributed by atoms with Crippen LogP contribution in [0.1, 0.15) is 34.9 Å². The molecule has 2 aliphatic heterocycles. The summed E-state index contributed by atoms with van der Waals surface area (Å²) in [6.45, 7) is 4.98. The number of amides is 1. The highest BCUT2D eigenvalue weighted by Gasteiger charge is 2.44. The molecule has 1 spiro atoms. The normalized spacial score (nSPS) is 22.7. The number of hydrogen-bond donors (Lipinski definition) is 0. The number of carbonyl (C=O) groups excluding carboxylic acids is 1. The van der Waals surface area contributed by atoms with Crippen molar-refractivity contribution in [3.8, 4) is 0 Å². The lowest BCUT2D eigenvalue weighted by atomic mass is 9.86. The largest absolute Gasteiger partial charge is 0.334 e. The molecule has 3 heterocycles. The van der Waals surface area contributed by atoms with Gasteiger partial charge in [-0.05, 0) is 45.0 Å². The lowest BCUT2D eigenvalue weighted by Gasteiger charge is -2.23. The van der Waals surface area contributed by atoms with Crippen LogP contribution < -0.4 is 0 Å². The van der Waals surface area contributed by atoms with Crippen LogP contribution in [0.2, 0.25) is 5.02 Å². The third kappa shape index (κ3) is 3.91. The first-order valence-electron chi connectivity index (χ1n) is 9.47. The molecule has 1 unspecified atom stereocenters. The first-order chi connectivity index (χ1) is 13.7. The minimum atomic E-state index is -3.78. The zero-order valence-corrected chi connectivity index (χ0v) is 18.0. The summed E-state index contributed by atoms with van der Waals surface area (Å²) in [5.41, 5.74) is 0.680. The standard InChI is InChI=1S/C19H23ClN4O4S/c1-13-4-3-5-14(20)16(13)29(26,27)10-15-21-17(28-22-15)18(25)24-9-7-19(12-24)6-8-23(2)11-19/h3-5H,6-12H2,1-2H3. The van der Waals surface area contributed by atoms with E-state index in [4.69, 9.17) is 16.1 Å². The van der Waals surface area contributed by atoms with Gasteiger partial charge in [0.2, 0.25) is 0 Å². The molecule has 0 N–H and O–H groups in total. The molecule has 1 amide bonds. The second kappa shape index (κ2) is 7.37. The van der Waals surface area contributed by atoms with Crippen LogP contribution >= 0.6 is 11.6 Å². The Hall–Kier alpha value is -1.97. The van der Waals surface area contributed by atoms with Gasteiger partial charge in [-0.1, -0.05) is 28.9 Å². The van der Waals surface area contributed by atoms with Gasteiger partial charge in [0.15, 0.2) is 15.7 Å². The zero-order chi connectivity index (χ0) is 20.8. The quantitative estimate of drug-likeness (QED) is 0.721. The average Bonchev–Trinajstić information content (AvgIpc) is 3.35. The maximum absolute atomic E-state index is 12.8. The van der Waals surface area contributed by atoms with E-state index in [0.717, 1.165) is 25.9 Å². The van der Waals surface area contributed by atoms with Crippen molar-refractivity contribution in [2.75, 3.05) is 33.2 Å². The van der Waals surface area contributed by atoms with Gasteiger partial charge in [-0.3, -0.25) is 4.79 Å². The Bertz CT molecular complexity index is 1030. The molecular weight excluding hydrogens is 416 g/mol. The highest BCUT2D eigenvalue weighted by molar-refractivity contribution is 7.90. The highest BCUT2D eigenvalue weighted by atomic mass is 35.5. The number of sulfone groups is 1. The summed E-state index contributed by atoms with van der Waals surface area (Å²) >= 11 is 6.08. The van der Waals surface area contributed by atoms with E-state index in [2.05, 4.69) is 22.1 Å². The number of halogens is 1. The van der Waals surface area contributed by atoms with E-state index >= 15 is 0 Å². The number of benzene rings is 1. The Morgan fingerprint density at radius 2 is 2.03 bits per heavy atom. The van der Waals surface area contributed by atoms with Gasteiger partial charge in [0, 0.05) is 25.0 Å². The van der Waals surface area contributed by atoms with Crippen molar-refractivity contribution in [3.63, 3.8) is 0 Å². The third-order valence-electron chi connectivity index (χ3n) is 5.80. The summed E-state index contributed by atoms with van der Waals surface area (Å²) in [5, 5.41) is 3.86. The number of carbonyl (C=O) groups is 1. The number of hydrogen-bond acceptors (Lipinski definition) is 7. The van der Waals surface area contributed by atoms with E-state index < -0.39 is 15.6 Å². The second-order valence-electron chi connectivity index (χ2n) is 8.13. The molecule has 2 fully saturated rings. The predicted octanol–water partition coefficient (Wildman–Crippen LogP) is 2.17. The summed E-state index contributed by atoms with van der Waals surface area (Å²) in [4.78, 5) is 20.9. The van der Waals surface area contributed by atoms with Gasteiger partial charge in [0.05, 0.1) is 9.92 Å². The summed E-state index contributed by atoms with van der Waals surface area (Å²) in [5.74, 6) is -1.05. The maximum atomic E-state index is 12.8. The van der Waals surface area contributed by atoms with Gasteiger partial charge in [-0.25, -0.2) is 8.42 Å². The molecule has 2 aliphatic rings. The van der Waals surface area contributed by atoms with Gasteiger partial charge in [-0.15, -0.1) is 0 Å². The molecule has 10 heteroatoms. The topological polar surface area (TPSA) is 96.6 Å². The Morgan fingerprint density at radius 1 is 1.28 bits per heavy atom. The van der Waals surface area contributed by atoms with Crippen molar-refractivity contribution in [2.45, 2.75) is 30.4 Å². The van der Waals surface area contributed by atoms with Gasteiger partial charge in [0.25, 0.3) is 0 Å². The van der Waals surface area contributed by atoms with Crippen molar-refractivity contribution in [2.24, 2.45) is 5.41 Å². The first kappa shape index (κ1) is 20.3. The Balaban J connectivity index is 1.48. The molecule has 2 saturated heterocycles. The number of rotatable bonds is 4. The van der Waals surface area contributed by atoms with Crippen LogP contribution in [-0.2, 0) is 15.6 Å². The van der Waals surface area contributed by atoms with Crippen LogP contribution in [0.15, 0.2) is 27.6 Å². The average molecular weight is 439 g/mol. The van der Waals surface area contributed by atoms with Crippen LogP contribution in [0.3, 0.4) is 0 Å². The van der Waals surface area contributed by atoms with Crippen molar-refractivity contribution in [3.05, 3.63) is 40.5 Å². The molecule has 8 nitrogen and oxygen atoms in total. The van der Waals surface area contributed by atoms with Crippen molar-refractivity contribution < 1.29 is 17.7 Å². The fraction of sp³-hybridized carbons (Fsp3) is 0.526. The molecule has 2 aromatic rings. The fourth-order valence-corrected chi connectivity index (χ4v) is 6.49. The van der Waals surface area contributed by atoms with Gasteiger partial charge < -0.3 is 14.3 Å². The molecule has 1 aromatic heterocycles. The van der Waals surface area contributed by atoms with Gasteiger partial charge in [-0.2, -0.15) is 4.98 Å². The molecule has 0 aliphatic carbocycles. The maximum Gasteiger partial charge on any atom is 0.316 e. The van der Waals surface area contributed by atoms with E-state index in [1.54, 1.807) is 24.0 Å². The smallest absolute Gasteiger partial charge is 0.316 e. The molecule has 0 radical (unpaired) electrons. The van der Waals surface area contributed by atoms with E-state index in [-0.39, 0.29) is 33.0 Å². The number of likely N-dealkylation sites (tertiary alicyclic amines) is 2. The summed E-state index contributed by atoms with van der Waals surface area (Å²) in [6.07, 6.45) is 2.02. The van der Waals surface area contributed by atoms with Crippen LogP contribution in [0, 0.1) is 12.3 Å². The number of aromatic nitrogens is 2. The van der Waals surface area contributed by atoms with Crippen molar-refractivity contribution in [1.29, 1.82) is 0 Å². The van der Waals surface area contributed by atoms with Crippen LogP contribution in [0.25, 0.3) is 0 Å². The SMILES string of the molecule is Cc1cccc(Cl)c1S(=O)(=O)Cc1noc(C(=O)N2CCC3(CCN(C)C3)C2)n1. The van der Waals surface area contributed by atoms with Gasteiger partial charge >= 0.3 is 11.8 Å². The Labute approximate surface area is 174 Å². The third-order valence-corrected chi connectivity index (χ3v) is 8.03. The molecule has 4 rings (SSSR count). The Kier molecular flexibility index (Phi) is 5.16. The fourth-order valence-electron chi connectivity index (χ4n) is 4.39. The van der Waals surface area contributed by atoms with Crippen molar-refractivity contribution in [1.82, 2.24) is 19.9 Å². The van der Waals surface area contributed by atoms with Crippen LogP contribution in [-0.4, -0.2) is 67.5 Å².